The van der Waals surface area contributed by atoms with Gasteiger partial charge in [-0.05, 0) is 26.2 Å². The van der Waals surface area contributed by atoms with Crippen LogP contribution in [0, 0.1) is 11.6 Å². The summed E-state index contributed by atoms with van der Waals surface area (Å²) in [6, 6.07) is 3.16. The maximum Gasteiger partial charge on any atom is 0.221 e. The third-order valence-corrected chi connectivity index (χ3v) is 2.82. The van der Waals surface area contributed by atoms with E-state index in [1.54, 1.807) is 19.0 Å². The molecule has 0 fully saturated rings. The summed E-state index contributed by atoms with van der Waals surface area (Å²) in [7, 11) is 3.40. The van der Waals surface area contributed by atoms with Crippen LogP contribution in [0.5, 0.6) is 0 Å². The Bertz CT molecular complexity index is 418. The summed E-state index contributed by atoms with van der Waals surface area (Å²) < 4.78 is 27.5. The molecule has 1 aromatic rings. The van der Waals surface area contributed by atoms with Gasteiger partial charge in [-0.3, -0.25) is 4.79 Å². The highest BCUT2D eigenvalue weighted by Gasteiger charge is 2.22. The molecule has 0 aliphatic carbocycles. The van der Waals surface area contributed by atoms with Crippen molar-refractivity contribution in [1.29, 1.82) is 0 Å². The van der Waals surface area contributed by atoms with Crippen LogP contribution in [0.3, 0.4) is 0 Å². The Labute approximate surface area is 111 Å². The molecule has 1 atom stereocenters. The summed E-state index contributed by atoms with van der Waals surface area (Å²) in [5.41, 5.74) is 5.22. The van der Waals surface area contributed by atoms with Gasteiger partial charge in [0.1, 0.15) is 11.6 Å². The molecule has 6 heteroatoms. The van der Waals surface area contributed by atoms with Crippen molar-refractivity contribution in [3.05, 3.63) is 35.4 Å². The first kappa shape index (κ1) is 15.5. The summed E-state index contributed by atoms with van der Waals surface area (Å²) in [5, 5.41) is 2.62. The average Bonchev–Trinajstić information content (AvgIpc) is 2.32. The molecule has 0 aromatic heterocycles. The van der Waals surface area contributed by atoms with Crippen molar-refractivity contribution in [3.63, 3.8) is 0 Å². The number of nitrogens with zero attached hydrogens (tertiary/aromatic N) is 1. The normalized spacial score (nSPS) is 12.5. The Hall–Kier alpha value is -1.53. The minimum atomic E-state index is -0.619. The lowest BCUT2D eigenvalue weighted by atomic mass is 10.0. The van der Waals surface area contributed by atoms with Crippen molar-refractivity contribution < 1.29 is 13.6 Å². The van der Waals surface area contributed by atoms with Crippen LogP contribution in [-0.4, -0.2) is 38.0 Å². The zero-order chi connectivity index (χ0) is 14.4. The average molecular weight is 271 g/mol. The van der Waals surface area contributed by atoms with Crippen LogP contribution in [0.2, 0.25) is 0 Å². The van der Waals surface area contributed by atoms with Gasteiger partial charge in [-0.2, -0.15) is 0 Å². The molecule has 0 heterocycles. The number of benzene rings is 1. The molecule has 0 saturated heterocycles. The zero-order valence-electron chi connectivity index (χ0n) is 11.1. The molecular formula is C13H19F2N3O. The van der Waals surface area contributed by atoms with Gasteiger partial charge in [0.2, 0.25) is 5.91 Å². The van der Waals surface area contributed by atoms with Crippen molar-refractivity contribution in [2.75, 3.05) is 27.2 Å². The maximum atomic E-state index is 13.7. The minimum Gasteiger partial charge on any atom is -0.354 e. The van der Waals surface area contributed by atoms with Gasteiger partial charge >= 0.3 is 0 Å². The van der Waals surface area contributed by atoms with E-state index >= 15 is 0 Å². The summed E-state index contributed by atoms with van der Waals surface area (Å²) in [6.45, 7) is 0.371. The molecule has 3 N–H and O–H groups in total. The molecular weight excluding hydrogens is 252 g/mol. The first-order valence-electron chi connectivity index (χ1n) is 6.04. The number of nitrogens with two attached hydrogens (primary N) is 1. The van der Waals surface area contributed by atoms with Crippen molar-refractivity contribution in [2.24, 2.45) is 5.73 Å². The lowest BCUT2D eigenvalue weighted by Gasteiger charge is -2.25. The van der Waals surface area contributed by atoms with Gasteiger partial charge < -0.3 is 16.0 Å². The number of carbonyl (C=O) groups is 1. The van der Waals surface area contributed by atoms with Crippen LogP contribution < -0.4 is 11.1 Å². The van der Waals surface area contributed by atoms with Crippen LogP contribution in [0.15, 0.2) is 18.2 Å². The van der Waals surface area contributed by atoms with E-state index in [-0.39, 0.29) is 31.0 Å². The number of likely N-dealkylation sites (N-methyl/N-ethyl adjacent to an activating group) is 1. The zero-order valence-corrected chi connectivity index (χ0v) is 11.1. The summed E-state index contributed by atoms with van der Waals surface area (Å²) in [4.78, 5) is 13.0. The Balaban J connectivity index is 2.86. The number of carbonyl (C=O) groups excluding carboxylic acids is 1. The first-order valence-corrected chi connectivity index (χ1v) is 6.04. The number of amides is 1. The molecule has 1 amide bonds. The molecule has 1 aromatic carbocycles. The Morgan fingerprint density at radius 3 is 2.42 bits per heavy atom. The SMILES string of the molecule is CN(C)C(CNC(=O)CCN)c1c(F)cccc1F. The Morgan fingerprint density at radius 2 is 1.95 bits per heavy atom. The molecule has 0 spiro atoms. The van der Waals surface area contributed by atoms with Gasteiger partial charge in [-0.25, -0.2) is 8.78 Å². The molecule has 0 bridgehead atoms. The Morgan fingerprint density at radius 1 is 1.37 bits per heavy atom. The van der Waals surface area contributed by atoms with E-state index in [0.29, 0.717) is 0 Å². The third-order valence-electron chi connectivity index (χ3n) is 2.82. The molecule has 4 nitrogen and oxygen atoms in total. The number of hydrogen-bond donors (Lipinski definition) is 2. The predicted molar refractivity (Wildman–Crippen MR) is 69.5 cm³/mol. The van der Waals surface area contributed by atoms with Crippen LogP contribution >= 0.6 is 0 Å². The smallest absolute Gasteiger partial charge is 0.221 e. The molecule has 19 heavy (non-hydrogen) atoms. The third kappa shape index (κ3) is 4.25. The lowest BCUT2D eigenvalue weighted by Crippen LogP contribution is -2.36. The fraction of sp³-hybridized carbons (Fsp3) is 0.462. The van der Waals surface area contributed by atoms with Crippen molar-refractivity contribution in [1.82, 2.24) is 10.2 Å². The largest absolute Gasteiger partial charge is 0.354 e. The van der Waals surface area contributed by atoms with Crippen molar-refractivity contribution in [2.45, 2.75) is 12.5 Å². The van der Waals surface area contributed by atoms with Crippen LogP contribution in [0.25, 0.3) is 0 Å². The second kappa shape index (κ2) is 7.16. The monoisotopic (exact) mass is 271 g/mol. The molecule has 0 radical (unpaired) electrons. The topological polar surface area (TPSA) is 58.4 Å². The number of halogens is 2. The van der Waals surface area contributed by atoms with Gasteiger partial charge in [-0.1, -0.05) is 6.07 Å². The van der Waals surface area contributed by atoms with Crippen LogP contribution in [0.1, 0.15) is 18.0 Å². The first-order chi connectivity index (χ1) is 8.97. The van der Waals surface area contributed by atoms with Gasteiger partial charge in [0.05, 0.1) is 6.04 Å². The number of nitrogens with one attached hydrogen (secondary N) is 1. The molecule has 0 saturated carbocycles. The van der Waals surface area contributed by atoms with Crippen molar-refractivity contribution >= 4 is 5.91 Å². The highest BCUT2D eigenvalue weighted by Crippen LogP contribution is 2.23. The molecule has 1 unspecified atom stereocenters. The van der Waals surface area contributed by atoms with E-state index in [1.165, 1.54) is 18.2 Å². The highest BCUT2D eigenvalue weighted by atomic mass is 19.1. The quantitative estimate of drug-likeness (QED) is 0.812. The van der Waals surface area contributed by atoms with Gasteiger partial charge in [0, 0.05) is 25.1 Å². The predicted octanol–water partition coefficient (Wildman–Crippen LogP) is 1.03. The van der Waals surface area contributed by atoms with Gasteiger partial charge in [-0.15, -0.1) is 0 Å². The highest BCUT2D eigenvalue weighted by molar-refractivity contribution is 5.76. The summed E-state index contributed by atoms with van der Waals surface area (Å²) in [5.74, 6) is -1.47. The minimum absolute atomic E-state index is 0.0412. The molecule has 1 rings (SSSR count). The standard InChI is InChI=1S/C13H19F2N3O/c1-18(2)11(8-17-12(19)6-7-16)13-9(14)4-3-5-10(13)15/h3-5,11H,6-8,16H2,1-2H3,(H,17,19). The fourth-order valence-electron chi connectivity index (χ4n) is 1.80. The summed E-state index contributed by atoms with van der Waals surface area (Å²) >= 11 is 0. The van der Waals surface area contributed by atoms with Crippen molar-refractivity contribution in [3.8, 4) is 0 Å². The second-order valence-corrected chi connectivity index (χ2v) is 4.46. The van der Waals surface area contributed by atoms with E-state index < -0.39 is 17.7 Å². The maximum absolute atomic E-state index is 13.7. The van der Waals surface area contributed by atoms with E-state index in [2.05, 4.69) is 5.32 Å². The molecule has 0 aliphatic rings. The van der Waals surface area contributed by atoms with Gasteiger partial charge in [0.25, 0.3) is 0 Å². The number of hydrogen-bond acceptors (Lipinski definition) is 3. The molecule has 0 aliphatic heterocycles. The van der Waals surface area contributed by atoms with Crippen LogP contribution in [-0.2, 0) is 4.79 Å². The van der Waals surface area contributed by atoms with Gasteiger partial charge in [0.15, 0.2) is 0 Å². The van der Waals surface area contributed by atoms with E-state index in [9.17, 15) is 13.6 Å². The van der Waals surface area contributed by atoms with E-state index in [0.717, 1.165) is 0 Å². The second-order valence-electron chi connectivity index (χ2n) is 4.46. The lowest BCUT2D eigenvalue weighted by molar-refractivity contribution is -0.121. The number of rotatable bonds is 6. The molecule has 106 valence electrons. The fourth-order valence-corrected chi connectivity index (χ4v) is 1.80. The Kier molecular flexibility index (Phi) is 5.85. The van der Waals surface area contributed by atoms with Crippen LogP contribution in [0.4, 0.5) is 8.78 Å². The van der Waals surface area contributed by atoms with E-state index in [1.807, 2.05) is 0 Å². The van der Waals surface area contributed by atoms with E-state index in [4.69, 9.17) is 5.73 Å². The summed E-state index contributed by atoms with van der Waals surface area (Å²) in [6.07, 6.45) is 0.194.